The molecule has 7 nitrogen and oxygen atoms in total. The highest BCUT2D eigenvalue weighted by Gasteiger charge is 2.33. The van der Waals surface area contributed by atoms with E-state index in [1.807, 2.05) is 0 Å². The zero-order valence-electron chi connectivity index (χ0n) is 9.36. The molecule has 1 aliphatic rings. The predicted octanol–water partition coefficient (Wildman–Crippen LogP) is -1.98. The number of nitrogens with two attached hydrogens (primary N) is 1. The molecule has 2 heterocycles. The number of nitrogens with zero attached hydrogens (tertiary/aromatic N) is 3. The summed E-state index contributed by atoms with van der Waals surface area (Å²) in [5.41, 5.74) is 5.70. The van der Waals surface area contributed by atoms with E-state index in [4.69, 9.17) is 5.73 Å². The lowest BCUT2D eigenvalue weighted by molar-refractivity contribution is 0.0572. The molecule has 2 atom stereocenters. The monoisotopic (exact) mass is 240 g/mol. The fourth-order valence-corrected chi connectivity index (χ4v) is 1.84. The maximum absolute atomic E-state index is 12.0. The highest BCUT2D eigenvalue weighted by molar-refractivity contribution is 5.92. The molecule has 2 unspecified atom stereocenters. The van der Waals surface area contributed by atoms with Crippen molar-refractivity contribution in [3.8, 4) is 0 Å². The van der Waals surface area contributed by atoms with Crippen LogP contribution in [-0.4, -0.2) is 62.4 Å². The molecule has 0 spiro atoms. The first-order valence-electron chi connectivity index (χ1n) is 5.49. The molecule has 4 N–H and O–H groups in total. The van der Waals surface area contributed by atoms with Crippen LogP contribution in [0, 0.1) is 0 Å². The molecule has 2 rings (SSSR count). The zero-order chi connectivity index (χ0) is 12.4. The van der Waals surface area contributed by atoms with Crippen LogP contribution in [0.4, 0.5) is 0 Å². The van der Waals surface area contributed by atoms with Crippen LogP contribution in [0.2, 0.25) is 0 Å². The van der Waals surface area contributed by atoms with Gasteiger partial charge in [0.05, 0.1) is 18.5 Å². The third-order valence-corrected chi connectivity index (χ3v) is 2.79. The predicted molar refractivity (Wildman–Crippen MR) is 59.2 cm³/mol. The number of imidazole rings is 1. The van der Waals surface area contributed by atoms with Crippen LogP contribution in [0.25, 0.3) is 0 Å². The molecular formula is C10H16N4O3. The average molecular weight is 240 g/mol. The highest BCUT2D eigenvalue weighted by atomic mass is 16.3. The second-order valence-electron chi connectivity index (χ2n) is 4.13. The lowest BCUT2D eigenvalue weighted by Crippen LogP contribution is -2.30. The van der Waals surface area contributed by atoms with Gasteiger partial charge in [0.25, 0.3) is 5.91 Å². The Hall–Kier alpha value is -1.44. The molecule has 1 fully saturated rings. The van der Waals surface area contributed by atoms with Crippen molar-refractivity contribution in [3.05, 3.63) is 18.2 Å². The maximum Gasteiger partial charge on any atom is 0.274 e. The minimum Gasteiger partial charge on any atom is -0.388 e. The van der Waals surface area contributed by atoms with Gasteiger partial charge in [0.2, 0.25) is 0 Å². The van der Waals surface area contributed by atoms with Crippen LogP contribution in [0.1, 0.15) is 10.5 Å². The smallest absolute Gasteiger partial charge is 0.274 e. The molecule has 0 aliphatic carbocycles. The van der Waals surface area contributed by atoms with Gasteiger partial charge in [-0.3, -0.25) is 4.79 Å². The van der Waals surface area contributed by atoms with Crippen LogP contribution in [0.3, 0.4) is 0 Å². The summed E-state index contributed by atoms with van der Waals surface area (Å²) in [7, 11) is 0. The third-order valence-electron chi connectivity index (χ3n) is 2.79. The number of aliphatic hydroxyl groups excluding tert-OH is 2. The Balaban J connectivity index is 2.04. The number of aromatic nitrogens is 2. The number of likely N-dealkylation sites (tertiary alicyclic amines) is 1. The van der Waals surface area contributed by atoms with E-state index in [1.54, 1.807) is 17.1 Å². The summed E-state index contributed by atoms with van der Waals surface area (Å²) < 4.78 is 1.73. The number of β-amino-alcohol motifs (C(OH)–C–C–N with tert-alkyl or cyclic N) is 2. The Labute approximate surface area is 98.5 Å². The Kier molecular flexibility index (Phi) is 3.41. The quantitative estimate of drug-likeness (QED) is 0.568. The van der Waals surface area contributed by atoms with E-state index >= 15 is 0 Å². The minimum atomic E-state index is -0.870. The second kappa shape index (κ2) is 4.82. The van der Waals surface area contributed by atoms with Crippen molar-refractivity contribution in [2.75, 3.05) is 19.6 Å². The Morgan fingerprint density at radius 2 is 2.12 bits per heavy atom. The fourth-order valence-electron chi connectivity index (χ4n) is 1.84. The van der Waals surface area contributed by atoms with Crippen molar-refractivity contribution in [1.82, 2.24) is 14.5 Å². The first-order chi connectivity index (χ1) is 8.11. The second-order valence-corrected chi connectivity index (χ2v) is 4.13. The molecule has 1 aromatic rings. The molecule has 17 heavy (non-hydrogen) atoms. The van der Waals surface area contributed by atoms with Crippen molar-refractivity contribution in [3.63, 3.8) is 0 Å². The summed E-state index contributed by atoms with van der Waals surface area (Å²) in [6.45, 7) is 1.37. The molecule has 7 heteroatoms. The highest BCUT2D eigenvalue weighted by Crippen LogP contribution is 2.13. The SMILES string of the molecule is NCCn1cnc(C(=O)N2CC(O)C(O)C2)c1. The summed E-state index contributed by atoms with van der Waals surface area (Å²) in [6, 6.07) is 0. The van der Waals surface area contributed by atoms with Gasteiger partial charge in [0, 0.05) is 32.4 Å². The fraction of sp³-hybridized carbons (Fsp3) is 0.600. The van der Waals surface area contributed by atoms with Crippen LogP contribution in [0.5, 0.6) is 0 Å². The van der Waals surface area contributed by atoms with Crippen molar-refractivity contribution in [2.45, 2.75) is 18.8 Å². The molecule has 0 aromatic carbocycles. The Morgan fingerprint density at radius 3 is 2.71 bits per heavy atom. The molecule has 1 amide bonds. The minimum absolute atomic E-state index is 0.143. The first-order valence-corrected chi connectivity index (χ1v) is 5.49. The van der Waals surface area contributed by atoms with Crippen molar-refractivity contribution in [1.29, 1.82) is 0 Å². The van der Waals surface area contributed by atoms with Gasteiger partial charge in [-0.15, -0.1) is 0 Å². The number of carbonyl (C=O) groups is 1. The zero-order valence-corrected chi connectivity index (χ0v) is 9.36. The molecule has 1 aromatic heterocycles. The number of hydrogen-bond donors (Lipinski definition) is 3. The average Bonchev–Trinajstić information content (AvgIpc) is 2.87. The van der Waals surface area contributed by atoms with Gasteiger partial charge < -0.3 is 25.4 Å². The number of amides is 1. The van der Waals surface area contributed by atoms with Gasteiger partial charge in [-0.05, 0) is 0 Å². The van der Waals surface area contributed by atoms with Gasteiger partial charge >= 0.3 is 0 Å². The molecule has 0 radical (unpaired) electrons. The van der Waals surface area contributed by atoms with Gasteiger partial charge in [-0.25, -0.2) is 4.98 Å². The third kappa shape index (κ3) is 2.46. The maximum atomic E-state index is 12.0. The van der Waals surface area contributed by atoms with Crippen LogP contribution >= 0.6 is 0 Å². The van der Waals surface area contributed by atoms with Crippen molar-refractivity contribution < 1.29 is 15.0 Å². The summed E-state index contributed by atoms with van der Waals surface area (Å²) in [4.78, 5) is 17.3. The number of aliphatic hydroxyl groups is 2. The van der Waals surface area contributed by atoms with E-state index in [9.17, 15) is 15.0 Å². The number of rotatable bonds is 3. The summed E-state index contributed by atoms with van der Waals surface area (Å²) in [5.74, 6) is -0.281. The Bertz CT molecular complexity index is 396. The first kappa shape index (κ1) is 12.0. The van der Waals surface area contributed by atoms with Crippen LogP contribution in [0.15, 0.2) is 12.5 Å². The van der Waals surface area contributed by atoms with Crippen molar-refractivity contribution >= 4 is 5.91 Å². The van der Waals surface area contributed by atoms with Gasteiger partial charge in [-0.2, -0.15) is 0 Å². The van der Waals surface area contributed by atoms with E-state index < -0.39 is 12.2 Å². The van der Waals surface area contributed by atoms with E-state index in [-0.39, 0.29) is 19.0 Å². The van der Waals surface area contributed by atoms with Crippen LogP contribution in [-0.2, 0) is 6.54 Å². The van der Waals surface area contributed by atoms with Gasteiger partial charge in [0.15, 0.2) is 0 Å². The Morgan fingerprint density at radius 1 is 1.47 bits per heavy atom. The molecule has 0 bridgehead atoms. The molecule has 0 saturated carbocycles. The van der Waals surface area contributed by atoms with E-state index in [2.05, 4.69) is 4.98 Å². The van der Waals surface area contributed by atoms with E-state index in [0.717, 1.165) is 0 Å². The lowest BCUT2D eigenvalue weighted by atomic mass is 10.3. The normalized spacial score (nSPS) is 24.3. The van der Waals surface area contributed by atoms with E-state index in [0.29, 0.717) is 18.8 Å². The standard InChI is InChI=1S/C10H16N4O3/c11-1-2-13-3-7(12-6-13)10(17)14-4-8(15)9(16)5-14/h3,6,8-9,15-16H,1-2,4-5,11H2. The van der Waals surface area contributed by atoms with Gasteiger partial charge in [-0.1, -0.05) is 0 Å². The molecular weight excluding hydrogens is 224 g/mol. The topological polar surface area (TPSA) is 105 Å². The van der Waals surface area contributed by atoms with Crippen molar-refractivity contribution in [2.24, 2.45) is 5.73 Å². The van der Waals surface area contributed by atoms with Crippen LogP contribution < -0.4 is 5.73 Å². The number of carbonyl (C=O) groups excluding carboxylic acids is 1. The summed E-state index contributed by atoms with van der Waals surface area (Å²) in [6.07, 6.45) is 1.42. The number of hydrogen-bond acceptors (Lipinski definition) is 5. The summed E-state index contributed by atoms with van der Waals surface area (Å²) >= 11 is 0. The largest absolute Gasteiger partial charge is 0.388 e. The van der Waals surface area contributed by atoms with Gasteiger partial charge in [0.1, 0.15) is 5.69 Å². The lowest BCUT2D eigenvalue weighted by Gasteiger charge is -2.13. The molecule has 94 valence electrons. The summed E-state index contributed by atoms with van der Waals surface area (Å²) in [5, 5.41) is 18.7. The molecule has 1 saturated heterocycles. The molecule has 1 aliphatic heterocycles. The van der Waals surface area contributed by atoms with E-state index in [1.165, 1.54) is 4.90 Å².